The summed E-state index contributed by atoms with van der Waals surface area (Å²) in [4.78, 5) is 23.6. The molecule has 0 fully saturated rings. The van der Waals surface area contributed by atoms with E-state index < -0.39 is 0 Å². The lowest BCUT2D eigenvalue weighted by Crippen LogP contribution is -2.04. The molecule has 0 saturated heterocycles. The molecule has 4 rings (SSSR count). The van der Waals surface area contributed by atoms with Crippen LogP contribution in [-0.4, -0.2) is 20.9 Å². The number of nitrogens with zero attached hydrogens (tertiary/aromatic N) is 3. The predicted octanol–water partition coefficient (Wildman–Crippen LogP) is 4.33. The summed E-state index contributed by atoms with van der Waals surface area (Å²) < 4.78 is 1.77. The van der Waals surface area contributed by atoms with E-state index in [4.69, 9.17) is 11.5 Å². The van der Waals surface area contributed by atoms with Crippen molar-refractivity contribution >= 4 is 60.2 Å². The van der Waals surface area contributed by atoms with Crippen LogP contribution < -0.4 is 16.8 Å². The number of nitrogens with two attached hydrogens (primary N) is 2. The van der Waals surface area contributed by atoms with E-state index in [1.54, 1.807) is 12.1 Å². The normalized spacial score (nSPS) is 10.2. The third-order valence-electron chi connectivity index (χ3n) is 3.47. The average molecular weight is 457 g/mol. The summed E-state index contributed by atoms with van der Waals surface area (Å²) in [6, 6.07) is 16.8. The molecule has 0 aliphatic carbocycles. The lowest BCUT2D eigenvalue weighted by Gasteiger charge is -2.01. The van der Waals surface area contributed by atoms with Crippen molar-refractivity contribution < 1.29 is 4.79 Å². The fraction of sp³-hybridized carbons (Fsp3) is 0.0526. The van der Waals surface area contributed by atoms with Crippen LogP contribution in [-0.2, 0) is 4.79 Å². The lowest BCUT2D eigenvalue weighted by molar-refractivity contribution is -0.114. The fourth-order valence-electron chi connectivity index (χ4n) is 2.32. The van der Waals surface area contributed by atoms with Crippen LogP contribution in [0.3, 0.4) is 0 Å². The molecule has 0 radical (unpaired) electrons. The number of nitrogens with one attached hydrogen (secondary N) is 1. The summed E-state index contributed by atoms with van der Waals surface area (Å²) >= 11 is 4.61. The van der Waals surface area contributed by atoms with Gasteiger partial charge in [0.2, 0.25) is 5.91 Å². The Labute approximate surface area is 174 Å². The van der Waals surface area contributed by atoms with Gasteiger partial charge in [-0.2, -0.15) is 0 Å². The molecule has 0 spiro atoms. The maximum atomic E-state index is 11.0. The van der Waals surface area contributed by atoms with Gasteiger partial charge < -0.3 is 16.8 Å². The summed E-state index contributed by atoms with van der Waals surface area (Å²) in [6.45, 7) is 1.47. The number of pyridine rings is 2. The number of rotatable bonds is 2. The molecule has 3 aromatic heterocycles. The molecule has 0 aliphatic heterocycles. The summed E-state index contributed by atoms with van der Waals surface area (Å²) in [6.07, 6.45) is 0. The third kappa shape index (κ3) is 5.24. The van der Waals surface area contributed by atoms with Crippen LogP contribution in [0, 0.1) is 0 Å². The Bertz CT molecular complexity index is 1110. The van der Waals surface area contributed by atoms with Gasteiger partial charge in [0.05, 0.1) is 15.9 Å². The van der Waals surface area contributed by atoms with E-state index in [1.807, 2.05) is 42.5 Å². The number of anilines is 3. The van der Waals surface area contributed by atoms with Crippen LogP contribution in [0.25, 0.3) is 21.5 Å². The SMILES string of the molecule is CC(=O)Nc1nc2ccc(-c3cccc(N)n3)cc2s1.Nc1cccc(Br)n1. The number of nitrogen functional groups attached to an aromatic ring is 2. The molecule has 4 aromatic rings. The van der Waals surface area contributed by atoms with Crippen LogP contribution in [0.2, 0.25) is 0 Å². The largest absolute Gasteiger partial charge is 0.384 e. The van der Waals surface area contributed by atoms with E-state index in [1.165, 1.54) is 18.3 Å². The summed E-state index contributed by atoms with van der Waals surface area (Å²) in [7, 11) is 0. The Morgan fingerprint density at radius 3 is 2.32 bits per heavy atom. The highest BCUT2D eigenvalue weighted by Crippen LogP contribution is 2.30. The van der Waals surface area contributed by atoms with Crippen LogP contribution in [0.1, 0.15) is 6.92 Å². The first-order chi connectivity index (χ1) is 13.4. The Kier molecular flexibility index (Phi) is 6.17. The molecule has 0 aliphatic rings. The van der Waals surface area contributed by atoms with Crippen LogP contribution in [0.15, 0.2) is 59.2 Å². The first-order valence-electron chi connectivity index (χ1n) is 8.20. The van der Waals surface area contributed by atoms with Crippen molar-refractivity contribution in [3.63, 3.8) is 0 Å². The zero-order valence-electron chi connectivity index (χ0n) is 14.9. The van der Waals surface area contributed by atoms with E-state index in [9.17, 15) is 4.79 Å². The second-order valence-corrected chi connectivity index (χ2v) is 7.56. The molecule has 0 bridgehead atoms. The van der Waals surface area contributed by atoms with Crippen LogP contribution in [0.5, 0.6) is 0 Å². The number of halogens is 1. The van der Waals surface area contributed by atoms with Crippen molar-refractivity contribution in [1.29, 1.82) is 0 Å². The maximum absolute atomic E-state index is 11.0. The molecule has 3 heterocycles. The number of fused-ring (bicyclic) bond motifs is 1. The van der Waals surface area contributed by atoms with Crippen molar-refractivity contribution in [3.8, 4) is 11.3 Å². The second kappa shape index (κ2) is 8.77. The molecule has 0 atom stereocenters. The van der Waals surface area contributed by atoms with Gasteiger partial charge >= 0.3 is 0 Å². The minimum atomic E-state index is -0.123. The van der Waals surface area contributed by atoms with E-state index in [2.05, 4.69) is 36.2 Å². The number of aromatic nitrogens is 3. The van der Waals surface area contributed by atoms with E-state index in [0.29, 0.717) is 16.8 Å². The van der Waals surface area contributed by atoms with E-state index in [0.717, 1.165) is 26.1 Å². The summed E-state index contributed by atoms with van der Waals surface area (Å²) in [5, 5.41) is 3.30. The minimum absolute atomic E-state index is 0.123. The highest BCUT2D eigenvalue weighted by Gasteiger charge is 2.07. The molecular formula is C19H17BrN6OS. The average Bonchev–Trinajstić information content (AvgIpc) is 3.02. The number of carbonyl (C=O) groups is 1. The highest BCUT2D eigenvalue weighted by atomic mass is 79.9. The van der Waals surface area contributed by atoms with Gasteiger partial charge in [-0.1, -0.05) is 29.5 Å². The van der Waals surface area contributed by atoms with Crippen molar-refractivity contribution in [2.24, 2.45) is 0 Å². The van der Waals surface area contributed by atoms with Crippen molar-refractivity contribution in [1.82, 2.24) is 15.0 Å². The smallest absolute Gasteiger partial charge is 0.223 e. The van der Waals surface area contributed by atoms with Crippen molar-refractivity contribution in [3.05, 3.63) is 59.2 Å². The summed E-state index contributed by atoms with van der Waals surface area (Å²) in [5.41, 5.74) is 13.7. The molecule has 1 aromatic carbocycles. The van der Waals surface area contributed by atoms with Gasteiger partial charge in [0.25, 0.3) is 0 Å². The lowest BCUT2D eigenvalue weighted by atomic mass is 10.1. The zero-order chi connectivity index (χ0) is 20.1. The number of amides is 1. The number of hydrogen-bond acceptors (Lipinski definition) is 7. The van der Waals surface area contributed by atoms with Gasteiger partial charge in [-0.3, -0.25) is 4.79 Å². The zero-order valence-corrected chi connectivity index (χ0v) is 17.3. The quantitative estimate of drug-likeness (QED) is 0.386. The number of benzene rings is 1. The van der Waals surface area contributed by atoms with Gasteiger partial charge in [0.1, 0.15) is 16.2 Å². The standard InChI is InChI=1S/C14H12N4OS.C5H5BrN2/c1-8(19)16-14-18-11-6-5-9(7-12(11)20-14)10-3-2-4-13(15)17-10;6-4-2-1-3-5(7)8-4/h2-7H,1H3,(H2,15,17)(H,16,18,19);1-3H,(H2,7,8). The molecule has 7 nitrogen and oxygen atoms in total. The molecular weight excluding hydrogens is 440 g/mol. The van der Waals surface area contributed by atoms with Gasteiger partial charge in [0, 0.05) is 12.5 Å². The molecule has 5 N–H and O–H groups in total. The molecule has 0 saturated carbocycles. The monoisotopic (exact) mass is 456 g/mol. The first kappa shape index (κ1) is 19.7. The Hall–Kier alpha value is -3.04. The highest BCUT2D eigenvalue weighted by molar-refractivity contribution is 9.10. The molecule has 142 valence electrons. The molecule has 1 amide bonds. The van der Waals surface area contributed by atoms with Crippen molar-refractivity contribution in [2.45, 2.75) is 6.92 Å². The number of carbonyl (C=O) groups excluding carboxylic acids is 1. The minimum Gasteiger partial charge on any atom is -0.384 e. The second-order valence-electron chi connectivity index (χ2n) is 5.72. The van der Waals surface area contributed by atoms with E-state index >= 15 is 0 Å². The Morgan fingerprint density at radius 2 is 1.71 bits per heavy atom. The van der Waals surface area contributed by atoms with Crippen molar-refractivity contribution in [2.75, 3.05) is 16.8 Å². The number of thiazole rings is 1. The molecule has 0 unspecified atom stereocenters. The first-order valence-corrected chi connectivity index (χ1v) is 9.81. The maximum Gasteiger partial charge on any atom is 0.223 e. The topological polar surface area (TPSA) is 120 Å². The molecule has 9 heteroatoms. The van der Waals surface area contributed by atoms with Crippen LogP contribution in [0.4, 0.5) is 16.8 Å². The Morgan fingerprint density at radius 1 is 1.00 bits per heavy atom. The van der Waals surface area contributed by atoms with Gasteiger partial charge in [0.15, 0.2) is 5.13 Å². The van der Waals surface area contributed by atoms with Crippen LogP contribution >= 0.6 is 27.3 Å². The molecule has 28 heavy (non-hydrogen) atoms. The summed E-state index contributed by atoms with van der Waals surface area (Å²) in [5.74, 6) is 0.909. The Balaban J connectivity index is 0.000000236. The third-order valence-corrected chi connectivity index (χ3v) is 4.85. The van der Waals surface area contributed by atoms with Gasteiger partial charge in [-0.15, -0.1) is 0 Å². The fourth-order valence-corrected chi connectivity index (χ4v) is 3.63. The predicted molar refractivity (Wildman–Crippen MR) is 118 cm³/mol. The van der Waals surface area contributed by atoms with Gasteiger partial charge in [-0.05, 0) is 52.3 Å². The van der Waals surface area contributed by atoms with E-state index in [-0.39, 0.29) is 5.91 Å². The number of hydrogen-bond donors (Lipinski definition) is 3. The van der Waals surface area contributed by atoms with Gasteiger partial charge in [-0.25, -0.2) is 15.0 Å².